The molecule has 1 amide bonds. The standard InChI is InChI=1S/C25H23N3O3S/c1-18(20-12-14-26-15-13-20)27-25(29)16-19-6-9-23(10-7-19)28-32(30,31)24-11-8-21-4-2-3-5-22(21)17-24/h2-15,17-18,28H,16H2,1H3,(H,27,29)/t18-/m1/s1. The molecule has 0 saturated carbocycles. The zero-order chi connectivity index (χ0) is 22.6. The van der Waals surface area contributed by atoms with E-state index in [9.17, 15) is 13.2 Å². The molecule has 6 nitrogen and oxygen atoms in total. The number of hydrogen-bond donors (Lipinski definition) is 2. The molecule has 2 N–H and O–H groups in total. The quantitative estimate of drug-likeness (QED) is 0.440. The predicted octanol–water partition coefficient (Wildman–Crippen LogP) is 4.46. The fraction of sp³-hybridized carbons (Fsp3) is 0.120. The number of carbonyl (C=O) groups excluding carboxylic acids is 1. The minimum Gasteiger partial charge on any atom is -0.349 e. The normalized spacial score (nSPS) is 12.3. The summed E-state index contributed by atoms with van der Waals surface area (Å²) in [7, 11) is -3.72. The molecule has 0 aliphatic rings. The van der Waals surface area contributed by atoms with Crippen molar-refractivity contribution in [1.82, 2.24) is 10.3 Å². The molecular formula is C25H23N3O3S. The third-order valence-electron chi connectivity index (χ3n) is 5.19. The minimum absolute atomic E-state index is 0.112. The van der Waals surface area contributed by atoms with Crippen molar-refractivity contribution >= 4 is 32.4 Å². The summed E-state index contributed by atoms with van der Waals surface area (Å²) >= 11 is 0. The fourth-order valence-corrected chi connectivity index (χ4v) is 4.55. The van der Waals surface area contributed by atoms with Gasteiger partial charge in [-0.3, -0.25) is 14.5 Å². The van der Waals surface area contributed by atoms with Gasteiger partial charge in [0.1, 0.15) is 0 Å². The van der Waals surface area contributed by atoms with Gasteiger partial charge in [0.25, 0.3) is 10.0 Å². The summed E-state index contributed by atoms with van der Waals surface area (Å²) in [6.45, 7) is 1.91. The van der Waals surface area contributed by atoms with Gasteiger partial charge in [0.2, 0.25) is 5.91 Å². The number of rotatable bonds is 7. The highest BCUT2D eigenvalue weighted by Gasteiger charge is 2.15. The van der Waals surface area contributed by atoms with Crippen molar-refractivity contribution in [3.8, 4) is 0 Å². The van der Waals surface area contributed by atoms with Gasteiger partial charge >= 0.3 is 0 Å². The molecule has 0 radical (unpaired) electrons. The molecule has 0 aliphatic carbocycles. The lowest BCUT2D eigenvalue weighted by atomic mass is 10.1. The van der Waals surface area contributed by atoms with Crippen LogP contribution in [0.15, 0.2) is 96.2 Å². The zero-order valence-electron chi connectivity index (χ0n) is 17.5. The van der Waals surface area contributed by atoms with E-state index < -0.39 is 10.0 Å². The van der Waals surface area contributed by atoms with Gasteiger partial charge in [-0.05, 0) is 65.2 Å². The van der Waals surface area contributed by atoms with Crippen LogP contribution in [0.3, 0.4) is 0 Å². The lowest BCUT2D eigenvalue weighted by Gasteiger charge is -2.14. The highest BCUT2D eigenvalue weighted by Crippen LogP contribution is 2.22. The first-order valence-corrected chi connectivity index (χ1v) is 11.7. The number of anilines is 1. The molecule has 0 aliphatic heterocycles. The van der Waals surface area contributed by atoms with Crippen molar-refractivity contribution in [3.63, 3.8) is 0 Å². The molecular weight excluding hydrogens is 422 g/mol. The second kappa shape index (κ2) is 9.20. The van der Waals surface area contributed by atoms with Crippen LogP contribution in [0.1, 0.15) is 24.1 Å². The summed E-state index contributed by atoms with van der Waals surface area (Å²) < 4.78 is 28.2. The molecule has 4 rings (SSSR count). The maximum Gasteiger partial charge on any atom is 0.261 e. The number of nitrogens with one attached hydrogen (secondary N) is 2. The molecule has 1 heterocycles. The Bertz CT molecular complexity index is 1340. The Kier molecular flexibility index (Phi) is 6.18. The van der Waals surface area contributed by atoms with Gasteiger partial charge in [0, 0.05) is 18.1 Å². The maximum absolute atomic E-state index is 12.8. The van der Waals surface area contributed by atoms with Crippen LogP contribution in [0.2, 0.25) is 0 Å². The molecule has 0 spiro atoms. The van der Waals surface area contributed by atoms with Gasteiger partial charge < -0.3 is 5.32 Å². The maximum atomic E-state index is 12.8. The minimum atomic E-state index is -3.72. The summed E-state index contributed by atoms with van der Waals surface area (Å²) in [6.07, 6.45) is 3.58. The summed E-state index contributed by atoms with van der Waals surface area (Å²) in [4.78, 5) is 16.5. The number of sulfonamides is 1. The molecule has 3 aromatic carbocycles. The molecule has 0 saturated heterocycles. The Balaban J connectivity index is 1.40. The molecule has 0 bridgehead atoms. The van der Waals surface area contributed by atoms with Crippen molar-refractivity contribution in [2.24, 2.45) is 0 Å². The molecule has 1 atom stereocenters. The smallest absolute Gasteiger partial charge is 0.261 e. The van der Waals surface area contributed by atoms with Gasteiger partial charge in [-0.1, -0.05) is 42.5 Å². The Morgan fingerprint density at radius 2 is 1.59 bits per heavy atom. The third-order valence-corrected chi connectivity index (χ3v) is 6.56. The van der Waals surface area contributed by atoms with Gasteiger partial charge in [0.05, 0.1) is 17.4 Å². The molecule has 0 fully saturated rings. The number of fused-ring (bicyclic) bond motifs is 1. The van der Waals surface area contributed by atoms with Gasteiger partial charge in [-0.25, -0.2) is 8.42 Å². The van der Waals surface area contributed by atoms with E-state index in [1.807, 2.05) is 43.3 Å². The number of carbonyl (C=O) groups is 1. The first-order valence-electron chi connectivity index (χ1n) is 10.2. The number of hydrogen-bond acceptors (Lipinski definition) is 4. The van der Waals surface area contributed by atoms with E-state index in [4.69, 9.17) is 0 Å². The van der Waals surface area contributed by atoms with Gasteiger partial charge in [0.15, 0.2) is 0 Å². The molecule has 0 unspecified atom stereocenters. The topological polar surface area (TPSA) is 88.2 Å². The SMILES string of the molecule is C[C@@H](NC(=O)Cc1ccc(NS(=O)(=O)c2ccc3ccccc3c2)cc1)c1ccncc1. The van der Waals surface area contributed by atoms with E-state index in [0.717, 1.165) is 21.9 Å². The Morgan fingerprint density at radius 3 is 2.31 bits per heavy atom. The molecule has 1 aromatic heterocycles. The van der Waals surface area contributed by atoms with Crippen molar-refractivity contribution in [2.45, 2.75) is 24.3 Å². The van der Waals surface area contributed by atoms with Crippen molar-refractivity contribution in [2.75, 3.05) is 4.72 Å². The first-order chi connectivity index (χ1) is 15.4. The van der Waals surface area contributed by atoms with Crippen LogP contribution in [0.25, 0.3) is 10.8 Å². The van der Waals surface area contributed by atoms with Crippen LogP contribution in [0.4, 0.5) is 5.69 Å². The van der Waals surface area contributed by atoms with Crippen LogP contribution in [-0.2, 0) is 21.2 Å². The molecule has 7 heteroatoms. The Morgan fingerprint density at radius 1 is 0.906 bits per heavy atom. The number of aromatic nitrogens is 1. The van der Waals surface area contributed by atoms with E-state index in [0.29, 0.717) is 5.69 Å². The molecule has 162 valence electrons. The van der Waals surface area contributed by atoms with Crippen molar-refractivity contribution < 1.29 is 13.2 Å². The summed E-state index contributed by atoms with van der Waals surface area (Å²) in [5.41, 5.74) is 2.21. The number of amides is 1. The van der Waals surface area contributed by atoms with E-state index in [1.54, 1.807) is 54.9 Å². The second-order valence-corrected chi connectivity index (χ2v) is 9.24. The van der Waals surface area contributed by atoms with Crippen LogP contribution < -0.4 is 10.0 Å². The largest absolute Gasteiger partial charge is 0.349 e. The van der Waals surface area contributed by atoms with Crippen LogP contribution in [0.5, 0.6) is 0 Å². The molecule has 4 aromatic rings. The summed E-state index contributed by atoms with van der Waals surface area (Å²) in [5.74, 6) is -0.112. The lowest BCUT2D eigenvalue weighted by Crippen LogP contribution is -2.28. The van der Waals surface area contributed by atoms with E-state index in [1.165, 1.54) is 0 Å². The summed E-state index contributed by atoms with van der Waals surface area (Å²) in [5, 5.41) is 4.79. The van der Waals surface area contributed by atoms with E-state index in [2.05, 4.69) is 15.0 Å². The monoisotopic (exact) mass is 445 g/mol. The highest BCUT2D eigenvalue weighted by molar-refractivity contribution is 7.92. The fourth-order valence-electron chi connectivity index (χ4n) is 3.45. The van der Waals surface area contributed by atoms with Crippen LogP contribution in [-0.4, -0.2) is 19.3 Å². The number of pyridine rings is 1. The van der Waals surface area contributed by atoms with Crippen LogP contribution in [0, 0.1) is 0 Å². The zero-order valence-corrected chi connectivity index (χ0v) is 18.3. The highest BCUT2D eigenvalue weighted by atomic mass is 32.2. The van der Waals surface area contributed by atoms with E-state index in [-0.39, 0.29) is 23.3 Å². The van der Waals surface area contributed by atoms with Crippen molar-refractivity contribution in [3.05, 3.63) is 102 Å². The predicted molar refractivity (Wildman–Crippen MR) is 126 cm³/mol. The first kappa shape index (κ1) is 21.5. The van der Waals surface area contributed by atoms with Gasteiger partial charge in [-0.15, -0.1) is 0 Å². The number of nitrogens with zero attached hydrogens (tertiary/aromatic N) is 1. The third kappa shape index (κ3) is 5.12. The lowest BCUT2D eigenvalue weighted by molar-refractivity contribution is -0.121. The number of benzene rings is 3. The van der Waals surface area contributed by atoms with E-state index >= 15 is 0 Å². The van der Waals surface area contributed by atoms with Crippen LogP contribution >= 0.6 is 0 Å². The second-order valence-electron chi connectivity index (χ2n) is 7.56. The van der Waals surface area contributed by atoms with Gasteiger partial charge in [-0.2, -0.15) is 0 Å². The summed E-state index contributed by atoms with van der Waals surface area (Å²) in [6, 6.07) is 23.0. The average molecular weight is 446 g/mol. The molecule has 32 heavy (non-hydrogen) atoms. The van der Waals surface area contributed by atoms with Crippen molar-refractivity contribution in [1.29, 1.82) is 0 Å². The Hall–Kier alpha value is -3.71. The Labute approximate surface area is 187 Å². The average Bonchev–Trinajstić information content (AvgIpc) is 2.80.